The summed E-state index contributed by atoms with van der Waals surface area (Å²) in [4.78, 5) is 20.0. The van der Waals surface area contributed by atoms with Crippen molar-refractivity contribution in [1.29, 1.82) is 0 Å². The van der Waals surface area contributed by atoms with Crippen LogP contribution in [0.15, 0.2) is 42.7 Å². The first-order valence-corrected chi connectivity index (χ1v) is 62.8. The lowest BCUT2D eigenvalue weighted by atomic mass is 9.83. The molecule has 0 amide bonds. The van der Waals surface area contributed by atoms with Crippen LogP contribution in [-0.2, 0) is 65.0 Å². The lowest BCUT2D eigenvalue weighted by Gasteiger charge is -2.30. The van der Waals surface area contributed by atoms with Crippen LogP contribution >= 0.6 is 22.7 Å². The van der Waals surface area contributed by atoms with Crippen LogP contribution < -0.4 is 4.90 Å². The summed E-state index contributed by atoms with van der Waals surface area (Å²) >= 11 is 3.87. The Hall–Kier alpha value is -5.43. The van der Waals surface area contributed by atoms with Gasteiger partial charge in [-0.05, 0) is 171 Å². The maximum Gasteiger partial charge on any atom is 0.136 e. The number of anilines is 1. The molecule has 0 bridgehead atoms. The maximum absolute atomic E-state index is 4.76. The first-order valence-electron chi connectivity index (χ1n) is 61.1. The minimum atomic E-state index is 0.490. The standard InChI is InChI=1S/C13H22N2.C13H21NS.C12H21N3.C12H20N2S.C12H20N2.C11H19N3.C11H17N3.21C2H6/c1-9(2)11-5-6-15-12(7-11)8-13(14-15)10(3)4;1-8(2)10-5-6-11-12(7-10)15-13(14-11)9(3)4;1-9(2)12-7-11-8-14(10(3)4)5-6-15(11)13-12;1-8(2)12-13-10-5-6-14(9(3)4)7-11(10)15-12;1-8(2)10-5-6-14-12(10)7-11(13-14)9(3)4;2*1-8(2)10-7-11-13(9(3)4)5-6-14(11)12-10;21*1-2/h8-11H,5-7H2,1-4H3;8-10H,5-7H2,1-4H3;7,9-10H,5-6,8H2,1-4H3;8-9H,5-7H2,1-4H3;7-10H,5-6H2,1-4H3;7-9H,5-6H2,1-4H3;5-9H,1-4H3;21*1-2H3. The molecule has 0 aromatic carbocycles. The number of hydrogen-bond acceptors (Lipinski definition) is 12. The van der Waals surface area contributed by atoms with Crippen LogP contribution in [0.1, 0.15) is 634 Å². The van der Waals surface area contributed by atoms with Gasteiger partial charge in [-0.15, -0.1) is 22.7 Å². The monoisotopic (exact) mass is 2070 g/mol. The van der Waals surface area contributed by atoms with E-state index in [0.717, 1.165) is 100.0 Å². The Kier molecular flexibility index (Phi) is 129. The summed E-state index contributed by atoms with van der Waals surface area (Å²) in [5.41, 5.74) is 14.4. The van der Waals surface area contributed by atoms with Crippen molar-refractivity contribution in [2.75, 3.05) is 24.5 Å². The van der Waals surface area contributed by atoms with Gasteiger partial charge in [0.15, 0.2) is 0 Å². The van der Waals surface area contributed by atoms with Gasteiger partial charge in [0.05, 0.1) is 68.7 Å². The topological polar surface area (TPSA) is 129 Å². The van der Waals surface area contributed by atoms with Crippen LogP contribution in [-0.4, -0.2) is 111 Å². The van der Waals surface area contributed by atoms with E-state index in [0.29, 0.717) is 65.6 Å². The van der Waals surface area contributed by atoms with E-state index in [1.807, 2.05) is 324 Å². The number of hydrogen-bond donors (Lipinski definition) is 0. The van der Waals surface area contributed by atoms with Crippen molar-refractivity contribution in [2.45, 2.75) is 640 Å². The van der Waals surface area contributed by atoms with E-state index in [1.165, 1.54) is 123 Å². The molecule has 13 heterocycles. The summed E-state index contributed by atoms with van der Waals surface area (Å²) < 4.78 is 12.9. The van der Waals surface area contributed by atoms with Gasteiger partial charge in [0, 0.05) is 140 Å². The third-order valence-corrected chi connectivity index (χ3v) is 24.6. The Bertz CT molecular complexity index is 3490. The zero-order chi connectivity index (χ0) is 117. The Balaban J connectivity index is -0.000000107. The highest BCUT2D eigenvalue weighted by molar-refractivity contribution is 7.12. The predicted octanol–water partition coefficient (Wildman–Crippen LogP) is 42.3. The van der Waals surface area contributed by atoms with Crippen LogP contribution in [0.25, 0.3) is 5.65 Å². The lowest BCUT2D eigenvalue weighted by Crippen LogP contribution is -2.38. The van der Waals surface area contributed by atoms with Crippen LogP contribution in [0.3, 0.4) is 0 Å². The van der Waals surface area contributed by atoms with Gasteiger partial charge >= 0.3 is 0 Å². The highest BCUT2D eigenvalue weighted by Gasteiger charge is 2.31. The van der Waals surface area contributed by atoms with Crippen LogP contribution in [0.4, 0.5) is 5.82 Å². The van der Waals surface area contributed by atoms with Gasteiger partial charge in [-0.2, -0.15) is 25.5 Å². The molecule has 0 saturated carbocycles. The average molecular weight is 2070 g/mol. The van der Waals surface area contributed by atoms with Gasteiger partial charge in [-0.1, -0.05) is 429 Å². The number of aryl methyl sites for hydroxylation is 3. The van der Waals surface area contributed by atoms with Crippen molar-refractivity contribution in [3.63, 3.8) is 0 Å². The van der Waals surface area contributed by atoms with E-state index in [-0.39, 0.29) is 0 Å². The van der Waals surface area contributed by atoms with E-state index in [2.05, 4.69) is 294 Å². The summed E-state index contributed by atoms with van der Waals surface area (Å²) in [6.07, 6.45) is 12.8. The SMILES string of the molecule is CC.CC.CC.CC.CC.CC.CC.CC.CC.CC.CC.CC.CC.CC.CC.CC.CC.CC.CC.CC.CC.CC(C)c1cc2n(C(C)C)ccn2n1.CC(C)c1cc2n(n1)CCC(C(C)C)C2.CC(C)c1cc2n(n1)CCC2C(C)C.CC(C)c1cc2n(n1)CCN(C(C)C)C2.CC(C)c1cc2n(n1)CCN2C(C)C.CC(C)c1nc2c(s1)CC(C(C)C)CC2.CC(C)c1nc2c(s1)CN(C(C)C)CC2. The predicted molar refractivity (Wildman–Crippen MR) is 670 cm³/mol. The molecule has 6 aliphatic rings. The molecule has 8 aromatic heterocycles. The third-order valence-electron chi connectivity index (χ3n) is 21.8. The Labute approximate surface area is 915 Å². The Morgan fingerprint density at radius 2 is 0.618 bits per heavy atom. The molecule has 18 heteroatoms. The number of aromatic nitrogens is 13. The van der Waals surface area contributed by atoms with Crippen molar-refractivity contribution in [2.24, 2.45) is 29.6 Å². The van der Waals surface area contributed by atoms with Gasteiger partial charge < -0.3 is 9.47 Å². The normalized spacial score (nSPS) is 13.6. The minimum absolute atomic E-state index is 0.490. The molecule has 8 aromatic rings. The molecule has 3 unspecified atom stereocenters. The van der Waals surface area contributed by atoms with E-state index in [4.69, 9.17) is 9.97 Å². The van der Waals surface area contributed by atoms with Crippen LogP contribution in [0.5, 0.6) is 0 Å². The second kappa shape index (κ2) is 110. The first kappa shape index (κ1) is 169. The van der Waals surface area contributed by atoms with Crippen molar-refractivity contribution in [1.82, 2.24) is 73.1 Å². The number of fused-ring (bicyclic) bond motifs is 7. The third kappa shape index (κ3) is 64.3. The molecule has 16 nitrogen and oxygen atoms in total. The molecule has 3 atom stereocenters. The molecule has 0 radical (unpaired) electrons. The molecule has 1 aliphatic carbocycles. The molecule has 862 valence electrons. The molecular weight excluding hydrogens is 1800 g/mol. The van der Waals surface area contributed by atoms with Crippen molar-refractivity contribution < 1.29 is 0 Å². The summed E-state index contributed by atoms with van der Waals surface area (Å²) in [7, 11) is 0. The van der Waals surface area contributed by atoms with Crippen LogP contribution in [0, 0.1) is 29.6 Å². The Morgan fingerprint density at radius 3 is 1.01 bits per heavy atom. The molecule has 0 spiro atoms. The number of nitrogens with zero attached hydrogens (tertiary/aromatic N) is 16. The molecular formula is C126H266N16S2. The molecule has 144 heavy (non-hydrogen) atoms. The second-order valence-corrected chi connectivity index (χ2v) is 36.8. The fourth-order valence-electron chi connectivity index (χ4n) is 14.4. The number of rotatable bonds is 14. The summed E-state index contributed by atoms with van der Waals surface area (Å²) in [6, 6.07) is 13.6. The average Bonchev–Trinajstić information content (AvgIpc) is 1.64. The quantitative estimate of drug-likeness (QED) is 0.104. The van der Waals surface area contributed by atoms with E-state index < -0.39 is 0 Å². The number of thiazole rings is 2. The molecule has 14 rings (SSSR count). The minimum Gasteiger partial charge on any atom is -0.353 e. The summed E-state index contributed by atoms with van der Waals surface area (Å²) in [6.45, 7) is 157. The van der Waals surface area contributed by atoms with Crippen LogP contribution in [0.2, 0.25) is 0 Å². The summed E-state index contributed by atoms with van der Waals surface area (Å²) in [5, 5.41) is 25.7. The second-order valence-electron chi connectivity index (χ2n) is 34.6. The highest BCUT2D eigenvalue weighted by atomic mass is 32.1. The molecule has 0 saturated heterocycles. The van der Waals surface area contributed by atoms with Gasteiger partial charge in [0.25, 0.3) is 0 Å². The largest absolute Gasteiger partial charge is 0.353 e. The van der Waals surface area contributed by atoms with Gasteiger partial charge in [0.2, 0.25) is 0 Å². The maximum atomic E-state index is 4.76. The zero-order valence-electron chi connectivity index (χ0n) is 111. The van der Waals surface area contributed by atoms with Gasteiger partial charge in [0.1, 0.15) is 11.5 Å². The smallest absolute Gasteiger partial charge is 0.136 e. The summed E-state index contributed by atoms with van der Waals surface area (Å²) in [5.74, 6) is 9.98. The van der Waals surface area contributed by atoms with E-state index in [1.54, 1.807) is 4.88 Å². The fraction of sp³-hybridized carbons (Fsp3) is 0.817. The zero-order valence-corrected chi connectivity index (χ0v) is 113. The Morgan fingerprint density at radius 1 is 0.271 bits per heavy atom. The van der Waals surface area contributed by atoms with Gasteiger partial charge in [-0.3, -0.25) is 23.8 Å². The molecule has 5 aliphatic heterocycles. The molecule has 0 N–H and O–H groups in total. The van der Waals surface area contributed by atoms with E-state index in [9.17, 15) is 0 Å². The van der Waals surface area contributed by atoms with E-state index >= 15 is 0 Å². The first-order chi connectivity index (χ1) is 69.1. The van der Waals surface area contributed by atoms with Crippen molar-refractivity contribution in [3.8, 4) is 0 Å². The van der Waals surface area contributed by atoms with Gasteiger partial charge in [-0.25, -0.2) is 19.2 Å². The highest BCUT2D eigenvalue weighted by Crippen LogP contribution is 2.38. The number of imidazole rings is 1. The van der Waals surface area contributed by atoms with Crippen molar-refractivity contribution >= 4 is 34.1 Å². The fourth-order valence-corrected chi connectivity index (χ4v) is 16.8. The van der Waals surface area contributed by atoms with Crippen molar-refractivity contribution in [3.05, 3.63) is 119 Å². The molecule has 0 fully saturated rings. The lowest BCUT2D eigenvalue weighted by molar-refractivity contribution is 0.171.